The Hall–Kier alpha value is -1.59. The summed E-state index contributed by atoms with van der Waals surface area (Å²) < 4.78 is 1.26. The van der Waals surface area contributed by atoms with E-state index in [4.69, 9.17) is 5.11 Å². The van der Waals surface area contributed by atoms with Crippen LogP contribution in [0.25, 0.3) is 0 Å². The quantitative estimate of drug-likeness (QED) is 0.668. The highest BCUT2D eigenvalue weighted by Crippen LogP contribution is 1.92. The smallest absolute Gasteiger partial charge is 0.343 e. The molecule has 6 nitrogen and oxygen atoms in total. The third-order valence-corrected chi connectivity index (χ3v) is 1.60. The van der Waals surface area contributed by atoms with Gasteiger partial charge in [-0.3, -0.25) is 9.78 Å². The van der Waals surface area contributed by atoms with Crippen molar-refractivity contribution in [2.75, 3.05) is 0 Å². The van der Waals surface area contributed by atoms with Gasteiger partial charge < -0.3 is 5.11 Å². The molecule has 0 aliphatic carbocycles. The Bertz CT molecular complexity index is 352. The van der Waals surface area contributed by atoms with Gasteiger partial charge in [-0.1, -0.05) is 0 Å². The average Bonchev–Trinajstić information content (AvgIpc) is 2.43. The van der Waals surface area contributed by atoms with Gasteiger partial charge in [0.25, 0.3) is 0 Å². The molecule has 0 bridgehead atoms. The zero-order valence-electron chi connectivity index (χ0n) is 7.28. The maximum Gasteiger partial charge on any atom is 0.343 e. The van der Waals surface area contributed by atoms with E-state index in [1.807, 2.05) is 0 Å². The number of H-pyrrole nitrogens is 1. The molecule has 13 heavy (non-hydrogen) atoms. The molecule has 0 amide bonds. The molecule has 0 unspecified atom stereocenters. The third-order valence-electron chi connectivity index (χ3n) is 1.60. The summed E-state index contributed by atoms with van der Waals surface area (Å²) in [6.07, 6.45) is 0.244. The normalized spacial score (nSPS) is 10.2. The van der Waals surface area contributed by atoms with Crippen LogP contribution < -0.4 is 5.69 Å². The Balaban J connectivity index is 2.68. The van der Waals surface area contributed by atoms with Crippen LogP contribution in [-0.4, -0.2) is 25.8 Å². The Kier molecular flexibility index (Phi) is 2.84. The van der Waals surface area contributed by atoms with Gasteiger partial charge in [-0.2, -0.15) is 5.10 Å². The van der Waals surface area contributed by atoms with Crippen molar-refractivity contribution in [1.82, 2.24) is 14.8 Å². The fourth-order valence-corrected chi connectivity index (χ4v) is 0.956. The standard InChI is InChI=1S/C7H11N3O3/c1-2-10-7(13)8-5(9-10)3-4-6(11)12/h2-4H2,1H3,(H,11,12)(H,8,9,13). The van der Waals surface area contributed by atoms with E-state index in [0.717, 1.165) is 0 Å². The van der Waals surface area contributed by atoms with E-state index in [1.165, 1.54) is 4.68 Å². The summed E-state index contributed by atoms with van der Waals surface area (Å²) >= 11 is 0. The molecule has 1 aromatic rings. The van der Waals surface area contributed by atoms with Gasteiger partial charge in [-0.05, 0) is 6.92 Å². The molecule has 0 fully saturated rings. The molecule has 0 aliphatic rings. The summed E-state index contributed by atoms with van der Waals surface area (Å²) in [5.41, 5.74) is -0.289. The Labute approximate surface area is 74.2 Å². The van der Waals surface area contributed by atoms with Crippen LogP contribution in [0.15, 0.2) is 4.79 Å². The average molecular weight is 185 g/mol. The van der Waals surface area contributed by atoms with Gasteiger partial charge >= 0.3 is 11.7 Å². The number of nitrogens with one attached hydrogen (secondary N) is 1. The number of aromatic amines is 1. The molecule has 0 atom stereocenters. The van der Waals surface area contributed by atoms with E-state index in [2.05, 4.69) is 10.1 Å². The number of nitrogens with zero attached hydrogens (tertiary/aromatic N) is 2. The van der Waals surface area contributed by atoms with Crippen molar-refractivity contribution in [2.24, 2.45) is 0 Å². The van der Waals surface area contributed by atoms with Crippen LogP contribution in [0.3, 0.4) is 0 Å². The molecule has 0 saturated heterocycles. The van der Waals surface area contributed by atoms with E-state index in [-0.39, 0.29) is 18.5 Å². The van der Waals surface area contributed by atoms with Gasteiger partial charge in [0.2, 0.25) is 0 Å². The van der Waals surface area contributed by atoms with E-state index in [9.17, 15) is 9.59 Å². The van der Waals surface area contributed by atoms with Crippen molar-refractivity contribution in [3.05, 3.63) is 16.3 Å². The number of aryl methyl sites for hydroxylation is 2. The van der Waals surface area contributed by atoms with Gasteiger partial charge in [-0.15, -0.1) is 0 Å². The largest absolute Gasteiger partial charge is 0.481 e. The summed E-state index contributed by atoms with van der Waals surface area (Å²) in [4.78, 5) is 23.7. The molecule has 1 heterocycles. The first-order valence-electron chi connectivity index (χ1n) is 4.01. The molecule has 1 rings (SSSR count). The summed E-state index contributed by atoms with van der Waals surface area (Å²) in [5, 5.41) is 12.3. The first-order chi connectivity index (χ1) is 6.13. The van der Waals surface area contributed by atoms with E-state index < -0.39 is 5.97 Å². The molecule has 0 aliphatic heterocycles. The number of carboxylic acids is 1. The number of carbonyl (C=O) groups is 1. The zero-order chi connectivity index (χ0) is 9.84. The van der Waals surface area contributed by atoms with Crippen LogP contribution in [0.4, 0.5) is 0 Å². The van der Waals surface area contributed by atoms with Gasteiger partial charge in [0.05, 0.1) is 6.42 Å². The van der Waals surface area contributed by atoms with E-state index >= 15 is 0 Å². The fourth-order valence-electron chi connectivity index (χ4n) is 0.956. The first kappa shape index (κ1) is 9.50. The molecule has 72 valence electrons. The van der Waals surface area contributed by atoms with Gasteiger partial charge in [0.1, 0.15) is 5.82 Å². The number of hydrogen-bond acceptors (Lipinski definition) is 3. The summed E-state index contributed by atoms with van der Waals surface area (Å²) in [6, 6.07) is 0. The van der Waals surface area contributed by atoms with E-state index in [0.29, 0.717) is 12.4 Å². The molecule has 0 radical (unpaired) electrons. The minimum absolute atomic E-state index is 0.0172. The van der Waals surface area contributed by atoms with Crippen LogP contribution in [0.5, 0.6) is 0 Å². The molecule has 0 spiro atoms. The minimum Gasteiger partial charge on any atom is -0.481 e. The predicted octanol–water partition coefficient (Wildman–Crippen LogP) is -0.392. The van der Waals surface area contributed by atoms with Crippen molar-refractivity contribution in [3.63, 3.8) is 0 Å². The van der Waals surface area contributed by atoms with Crippen LogP contribution in [-0.2, 0) is 17.8 Å². The highest BCUT2D eigenvalue weighted by molar-refractivity contribution is 5.66. The van der Waals surface area contributed by atoms with Crippen molar-refractivity contribution in [1.29, 1.82) is 0 Å². The Morgan fingerprint density at radius 2 is 2.38 bits per heavy atom. The van der Waals surface area contributed by atoms with Crippen LogP contribution in [0.1, 0.15) is 19.2 Å². The molecular weight excluding hydrogens is 174 g/mol. The van der Waals surface area contributed by atoms with Gasteiger partial charge in [-0.25, -0.2) is 9.48 Å². The SMILES string of the molecule is CCn1nc(CCC(=O)O)[nH]c1=O. The van der Waals surface area contributed by atoms with Crippen molar-refractivity contribution in [3.8, 4) is 0 Å². The maximum absolute atomic E-state index is 11.0. The number of carboxylic acid groups (broad SMARTS) is 1. The molecule has 0 saturated carbocycles. The van der Waals surface area contributed by atoms with Gasteiger partial charge in [0.15, 0.2) is 0 Å². The Morgan fingerprint density at radius 3 is 2.85 bits per heavy atom. The first-order valence-corrected chi connectivity index (χ1v) is 4.01. The molecule has 1 aromatic heterocycles. The molecule has 0 aromatic carbocycles. The lowest BCUT2D eigenvalue weighted by molar-refractivity contribution is -0.137. The number of rotatable bonds is 4. The topological polar surface area (TPSA) is 88.0 Å². The highest BCUT2D eigenvalue weighted by atomic mass is 16.4. The summed E-state index contributed by atoms with van der Waals surface area (Å²) in [7, 11) is 0. The Morgan fingerprint density at radius 1 is 1.69 bits per heavy atom. The number of aromatic nitrogens is 3. The van der Waals surface area contributed by atoms with Crippen molar-refractivity contribution < 1.29 is 9.90 Å². The highest BCUT2D eigenvalue weighted by Gasteiger charge is 2.05. The molecule has 6 heteroatoms. The second-order valence-electron chi connectivity index (χ2n) is 2.59. The third kappa shape index (κ3) is 2.43. The lowest BCUT2D eigenvalue weighted by Gasteiger charge is -1.90. The molecular formula is C7H11N3O3. The summed E-state index contributed by atoms with van der Waals surface area (Å²) in [6.45, 7) is 2.28. The van der Waals surface area contributed by atoms with Gasteiger partial charge in [0, 0.05) is 13.0 Å². The van der Waals surface area contributed by atoms with E-state index in [1.54, 1.807) is 6.92 Å². The van der Waals surface area contributed by atoms with Crippen LogP contribution >= 0.6 is 0 Å². The lowest BCUT2D eigenvalue weighted by atomic mass is 10.3. The predicted molar refractivity (Wildman–Crippen MR) is 44.5 cm³/mol. The zero-order valence-corrected chi connectivity index (χ0v) is 7.28. The minimum atomic E-state index is -0.896. The lowest BCUT2D eigenvalue weighted by Crippen LogP contribution is -2.16. The van der Waals surface area contributed by atoms with Crippen LogP contribution in [0.2, 0.25) is 0 Å². The molecule has 2 N–H and O–H groups in total. The van der Waals surface area contributed by atoms with Crippen molar-refractivity contribution >= 4 is 5.97 Å². The second-order valence-corrected chi connectivity index (χ2v) is 2.59. The van der Waals surface area contributed by atoms with Crippen LogP contribution in [0, 0.1) is 0 Å². The monoisotopic (exact) mass is 185 g/mol. The summed E-state index contributed by atoms with van der Waals surface area (Å²) in [5.74, 6) is -0.471. The maximum atomic E-state index is 11.0. The number of aliphatic carboxylic acids is 1. The number of hydrogen-bond donors (Lipinski definition) is 2. The second kappa shape index (κ2) is 3.88. The van der Waals surface area contributed by atoms with Crippen molar-refractivity contribution in [2.45, 2.75) is 26.3 Å². The fraction of sp³-hybridized carbons (Fsp3) is 0.571.